The molecule has 1 saturated heterocycles. The molecule has 1 unspecified atom stereocenters. The molecule has 0 bridgehead atoms. The summed E-state index contributed by atoms with van der Waals surface area (Å²) in [5.41, 5.74) is 3.17. The number of aromatic nitrogens is 2. The number of fused-ring (bicyclic) bond motifs is 2. The van der Waals surface area contributed by atoms with E-state index in [0.29, 0.717) is 31.0 Å². The first-order valence-corrected chi connectivity index (χ1v) is 13.5. The fraction of sp³-hybridized carbons (Fsp3) is 0.355. The number of piperidine rings is 1. The van der Waals surface area contributed by atoms with E-state index in [1.54, 1.807) is 16.7 Å². The normalized spacial score (nSPS) is 15.1. The highest BCUT2D eigenvalue weighted by Gasteiger charge is 2.32. The van der Waals surface area contributed by atoms with Gasteiger partial charge < -0.3 is 15.3 Å². The van der Waals surface area contributed by atoms with Crippen molar-refractivity contribution in [2.75, 3.05) is 18.0 Å². The molecule has 1 atom stereocenters. The largest absolute Gasteiger partial charge is 0.508 e. The number of hydrogen-bond acceptors (Lipinski definition) is 4. The van der Waals surface area contributed by atoms with Crippen LogP contribution in [0.25, 0.3) is 27.5 Å². The third-order valence-corrected chi connectivity index (χ3v) is 7.78. The summed E-state index contributed by atoms with van der Waals surface area (Å²) in [6.07, 6.45) is 3.00. The predicted octanol–water partition coefficient (Wildman–Crippen LogP) is 5.35. The van der Waals surface area contributed by atoms with Gasteiger partial charge in [0, 0.05) is 30.4 Å². The summed E-state index contributed by atoms with van der Waals surface area (Å²) < 4.78 is 3.50. The molecule has 1 aromatic heterocycles. The summed E-state index contributed by atoms with van der Waals surface area (Å²) in [7, 11) is 0. The zero-order chi connectivity index (χ0) is 26.8. The van der Waals surface area contributed by atoms with Crippen LogP contribution in [0, 0.1) is 5.92 Å². The van der Waals surface area contributed by atoms with Crippen molar-refractivity contribution in [2.45, 2.75) is 52.1 Å². The highest BCUT2D eigenvalue weighted by molar-refractivity contribution is 5.97. The molecular weight excluding hydrogens is 476 g/mol. The number of phenolic OH excluding ortho intramolecular Hbond substituents is 1. The van der Waals surface area contributed by atoms with Gasteiger partial charge in [0.25, 0.3) is 0 Å². The van der Waals surface area contributed by atoms with E-state index in [4.69, 9.17) is 0 Å². The summed E-state index contributed by atoms with van der Waals surface area (Å²) in [5.74, 6) is 0.606. The van der Waals surface area contributed by atoms with Crippen molar-refractivity contribution in [1.29, 1.82) is 0 Å². The number of nitrogens with zero attached hydrogens (tertiary/aromatic N) is 3. The summed E-state index contributed by atoms with van der Waals surface area (Å²) in [6.45, 7) is 10.1. The molecule has 0 spiro atoms. The molecule has 0 aliphatic carbocycles. The number of anilines is 1. The van der Waals surface area contributed by atoms with Crippen LogP contribution in [0.4, 0.5) is 5.69 Å². The number of para-hydroxylation sites is 2. The fourth-order valence-electron chi connectivity index (χ4n) is 5.92. The van der Waals surface area contributed by atoms with E-state index in [0.717, 1.165) is 53.4 Å². The van der Waals surface area contributed by atoms with Crippen molar-refractivity contribution in [1.82, 2.24) is 14.5 Å². The van der Waals surface area contributed by atoms with Gasteiger partial charge in [0.05, 0.1) is 11.0 Å². The number of carbonyl (C=O) groups is 1. The van der Waals surface area contributed by atoms with Gasteiger partial charge in [-0.1, -0.05) is 37.8 Å². The quantitative estimate of drug-likeness (QED) is 0.333. The molecule has 1 aliphatic heterocycles. The van der Waals surface area contributed by atoms with Crippen molar-refractivity contribution >= 4 is 39.1 Å². The Hall–Kier alpha value is -3.84. The predicted molar refractivity (Wildman–Crippen MR) is 155 cm³/mol. The number of hydrogen-bond donors (Lipinski definition) is 2. The van der Waals surface area contributed by atoms with Gasteiger partial charge >= 0.3 is 5.69 Å². The van der Waals surface area contributed by atoms with Crippen LogP contribution in [-0.4, -0.2) is 39.3 Å². The van der Waals surface area contributed by atoms with Crippen LogP contribution in [0.1, 0.15) is 39.5 Å². The molecule has 1 fully saturated rings. The maximum absolute atomic E-state index is 13.6. The van der Waals surface area contributed by atoms with Crippen molar-refractivity contribution in [3.8, 4) is 5.75 Å². The smallest absolute Gasteiger partial charge is 0.333 e. The third kappa shape index (κ3) is 4.86. The maximum Gasteiger partial charge on any atom is 0.333 e. The number of rotatable bonds is 8. The summed E-state index contributed by atoms with van der Waals surface area (Å²) >= 11 is 0. The van der Waals surface area contributed by atoms with Crippen molar-refractivity contribution in [3.63, 3.8) is 0 Å². The first-order chi connectivity index (χ1) is 18.4. The molecule has 198 valence electrons. The van der Waals surface area contributed by atoms with Gasteiger partial charge in [0.1, 0.15) is 5.75 Å². The highest BCUT2D eigenvalue weighted by atomic mass is 16.3. The number of carbonyl (C=O) groups excluding carboxylic acids is 1. The second kappa shape index (κ2) is 10.9. The van der Waals surface area contributed by atoms with E-state index in [2.05, 4.69) is 11.9 Å². The van der Waals surface area contributed by atoms with Crippen molar-refractivity contribution in [3.05, 3.63) is 77.7 Å². The zero-order valence-corrected chi connectivity index (χ0v) is 22.2. The minimum absolute atomic E-state index is 0.0574. The molecular formula is C31H36N4O3. The van der Waals surface area contributed by atoms with E-state index >= 15 is 0 Å². The third-order valence-electron chi connectivity index (χ3n) is 7.78. The topological polar surface area (TPSA) is 79.5 Å². The van der Waals surface area contributed by atoms with Gasteiger partial charge in [0.2, 0.25) is 5.91 Å². The fourth-order valence-corrected chi connectivity index (χ4v) is 5.92. The van der Waals surface area contributed by atoms with E-state index < -0.39 is 0 Å². The minimum atomic E-state index is -0.0957. The van der Waals surface area contributed by atoms with E-state index in [1.165, 1.54) is 0 Å². The first-order valence-electron chi connectivity index (χ1n) is 13.5. The van der Waals surface area contributed by atoms with Gasteiger partial charge in [-0.2, -0.15) is 0 Å². The number of phenols is 1. The average Bonchev–Trinajstić information content (AvgIpc) is 3.22. The van der Waals surface area contributed by atoms with Gasteiger partial charge in [-0.05, 0) is 92.4 Å². The van der Waals surface area contributed by atoms with Gasteiger partial charge in [0.15, 0.2) is 0 Å². The number of allylic oxidation sites excluding steroid dienone is 1. The van der Waals surface area contributed by atoms with Crippen LogP contribution in [0.5, 0.6) is 5.75 Å². The van der Waals surface area contributed by atoms with Gasteiger partial charge in [-0.25, -0.2) is 4.79 Å². The Morgan fingerprint density at radius 2 is 1.76 bits per heavy atom. The molecule has 1 aliphatic rings. The van der Waals surface area contributed by atoms with Crippen LogP contribution in [0.15, 0.2) is 72.0 Å². The molecule has 7 heteroatoms. The molecule has 38 heavy (non-hydrogen) atoms. The molecule has 4 aromatic rings. The molecule has 1 amide bonds. The monoisotopic (exact) mass is 512 g/mol. The number of aromatic hydroxyl groups is 1. The number of nitrogens with one attached hydrogen (secondary N) is 1. The van der Waals surface area contributed by atoms with Crippen molar-refractivity contribution < 1.29 is 9.90 Å². The van der Waals surface area contributed by atoms with Crippen LogP contribution in [0.3, 0.4) is 0 Å². The lowest BCUT2D eigenvalue weighted by Crippen LogP contribution is -2.48. The number of amides is 1. The highest BCUT2D eigenvalue weighted by Crippen LogP contribution is 2.32. The molecule has 2 heterocycles. The molecule has 0 saturated carbocycles. The first kappa shape index (κ1) is 25.8. The molecule has 2 N–H and O–H groups in total. The molecule has 3 aromatic carbocycles. The number of imidazole rings is 1. The Balaban J connectivity index is 1.56. The maximum atomic E-state index is 13.6. The lowest BCUT2D eigenvalue weighted by Gasteiger charge is -2.39. The van der Waals surface area contributed by atoms with Gasteiger partial charge in [-0.15, -0.1) is 0 Å². The lowest BCUT2D eigenvalue weighted by atomic mass is 9.86. The average molecular weight is 513 g/mol. The van der Waals surface area contributed by atoms with Gasteiger partial charge in [-0.3, -0.25) is 13.9 Å². The van der Waals surface area contributed by atoms with Crippen LogP contribution < -0.4 is 15.9 Å². The molecule has 0 radical (unpaired) electrons. The number of aryl methyl sites for hydroxylation is 1. The van der Waals surface area contributed by atoms with Crippen molar-refractivity contribution in [2.24, 2.45) is 5.92 Å². The van der Waals surface area contributed by atoms with E-state index in [1.807, 2.05) is 71.8 Å². The van der Waals surface area contributed by atoms with E-state index in [9.17, 15) is 14.7 Å². The zero-order valence-electron chi connectivity index (χ0n) is 22.2. The van der Waals surface area contributed by atoms with Crippen LogP contribution in [0.2, 0.25) is 0 Å². The number of benzene rings is 3. The van der Waals surface area contributed by atoms with Crippen LogP contribution in [-0.2, 0) is 11.3 Å². The second-order valence-corrected chi connectivity index (χ2v) is 10.3. The Kier molecular flexibility index (Phi) is 7.38. The Bertz CT molecular complexity index is 1540. The lowest BCUT2D eigenvalue weighted by molar-refractivity contribution is -0.119. The Labute approximate surface area is 223 Å². The Morgan fingerprint density at radius 1 is 1.08 bits per heavy atom. The summed E-state index contributed by atoms with van der Waals surface area (Å²) in [6, 6.07) is 19.0. The standard InChI is InChI=1S/C31H36N4O3/c1-4-30(37)35(25-11-9-24-20-26(36)12-10-23(24)19-25)27(22-13-16-32-17-14-22)15-18-33-28-7-5-6-8-29(28)34(21(2)3)31(33)38/h5-12,19-20,22,27,32,36H,2,4,13-18H2,1,3H3. The minimum Gasteiger partial charge on any atom is -0.508 e. The SMILES string of the molecule is C=C(C)n1c(=O)n(CCC(C2CCNCC2)N(C(=O)CC)c2ccc3cc(O)ccc3c2)c2ccccc21. The second-order valence-electron chi connectivity index (χ2n) is 10.3. The Morgan fingerprint density at radius 3 is 2.47 bits per heavy atom. The summed E-state index contributed by atoms with van der Waals surface area (Å²) in [4.78, 5) is 29.0. The van der Waals surface area contributed by atoms with E-state index in [-0.39, 0.29) is 23.4 Å². The summed E-state index contributed by atoms with van der Waals surface area (Å²) in [5, 5.41) is 15.2. The molecule has 7 nitrogen and oxygen atoms in total. The van der Waals surface area contributed by atoms with Crippen LogP contribution >= 0.6 is 0 Å². The molecule has 5 rings (SSSR count).